The van der Waals surface area contributed by atoms with E-state index in [9.17, 15) is 9.90 Å². The van der Waals surface area contributed by atoms with Gasteiger partial charge in [-0.1, -0.05) is 12.1 Å². The minimum atomic E-state index is -1.14. The van der Waals surface area contributed by atoms with Crippen molar-refractivity contribution in [3.63, 3.8) is 0 Å². The summed E-state index contributed by atoms with van der Waals surface area (Å²) in [5.74, 6) is 0.384. The van der Waals surface area contributed by atoms with E-state index < -0.39 is 6.10 Å². The number of amides is 1. The van der Waals surface area contributed by atoms with E-state index in [1.165, 1.54) is 0 Å². The third-order valence-electron chi connectivity index (χ3n) is 4.72. The lowest BCUT2D eigenvalue weighted by Gasteiger charge is -2.39. The summed E-state index contributed by atoms with van der Waals surface area (Å²) in [6.07, 6.45) is 0.729. The fraction of sp³-hybridized carbons (Fsp3) is 0.588. The Morgan fingerprint density at radius 2 is 2.23 bits per heavy atom. The van der Waals surface area contributed by atoms with Crippen molar-refractivity contribution in [3.05, 3.63) is 29.8 Å². The molecule has 3 atom stereocenters. The quantitative estimate of drug-likeness (QED) is 0.919. The van der Waals surface area contributed by atoms with E-state index in [-0.39, 0.29) is 11.9 Å². The van der Waals surface area contributed by atoms with E-state index in [0.717, 1.165) is 19.4 Å². The molecular formula is C17H26N2O3. The minimum absolute atomic E-state index is 0.180. The van der Waals surface area contributed by atoms with E-state index in [1.807, 2.05) is 0 Å². The summed E-state index contributed by atoms with van der Waals surface area (Å²) in [7, 11) is 5.46. The van der Waals surface area contributed by atoms with Crippen molar-refractivity contribution in [1.29, 1.82) is 0 Å². The fourth-order valence-corrected chi connectivity index (χ4v) is 2.94. The smallest absolute Gasteiger partial charge is 0.256 e. The van der Waals surface area contributed by atoms with Gasteiger partial charge in [0.2, 0.25) is 0 Å². The van der Waals surface area contributed by atoms with Crippen LogP contribution < -0.4 is 4.74 Å². The number of likely N-dealkylation sites (tertiary alicyclic amines) is 1. The number of methoxy groups -OCH3 is 1. The molecule has 1 aliphatic heterocycles. The van der Waals surface area contributed by atoms with Gasteiger partial charge in [0.25, 0.3) is 5.91 Å². The molecule has 1 fully saturated rings. The van der Waals surface area contributed by atoms with Crippen LogP contribution in [0.4, 0.5) is 0 Å². The van der Waals surface area contributed by atoms with Crippen molar-refractivity contribution in [3.8, 4) is 5.75 Å². The third kappa shape index (κ3) is 3.59. The third-order valence-corrected chi connectivity index (χ3v) is 4.72. The second-order valence-electron chi connectivity index (χ2n) is 6.14. The van der Waals surface area contributed by atoms with Crippen molar-refractivity contribution < 1.29 is 14.6 Å². The Hall–Kier alpha value is -1.59. The maximum Gasteiger partial charge on any atom is 0.256 e. The Labute approximate surface area is 132 Å². The van der Waals surface area contributed by atoms with Crippen LogP contribution in [0.3, 0.4) is 0 Å². The van der Waals surface area contributed by atoms with Gasteiger partial charge in [-0.2, -0.15) is 0 Å². The first-order valence-corrected chi connectivity index (χ1v) is 7.73. The van der Waals surface area contributed by atoms with Gasteiger partial charge in [-0.3, -0.25) is 4.79 Å². The molecule has 2 rings (SSSR count). The number of likely N-dealkylation sites (N-methyl/N-ethyl adjacent to an activating group) is 1. The highest BCUT2D eigenvalue weighted by Crippen LogP contribution is 2.24. The zero-order valence-electron chi connectivity index (χ0n) is 13.8. The predicted octanol–water partition coefficient (Wildman–Crippen LogP) is 1.67. The highest BCUT2D eigenvalue weighted by atomic mass is 16.5. The van der Waals surface area contributed by atoms with Gasteiger partial charge in [0.1, 0.15) is 5.75 Å². The molecule has 5 heteroatoms. The number of benzene rings is 1. The van der Waals surface area contributed by atoms with Crippen LogP contribution in [0.15, 0.2) is 24.3 Å². The number of rotatable bonds is 4. The lowest BCUT2D eigenvalue weighted by molar-refractivity contribution is -0.142. The Kier molecular flexibility index (Phi) is 5.42. The van der Waals surface area contributed by atoms with Crippen LogP contribution in [-0.2, 0) is 4.79 Å². The number of piperidine rings is 1. The van der Waals surface area contributed by atoms with Crippen LogP contribution in [-0.4, -0.2) is 60.6 Å². The molecule has 22 heavy (non-hydrogen) atoms. The Morgan fingerprint density at radius 3 is 2.86 bits per heavy atom. The largest absolute Gasteiger partial charge is 0.497 e. The van der Waals surface area contributed by atoms with Crippen molar-refractivity contribution in [2.75, 3.05) is 27.7 Å². The Balaban J connectivity index is 2.06. The topological polar surface area (TPSA) is 53.0 Å². The predicted molar refractivity (Wildman–Crippen MR) is 85.8 cm³/mol. The lowest BCUT2D eigenvalue weighted by Crippen LogP contribution is -2.49. The molecule has 0 saturated carbocycles. The van der Waals surface area contributed by atoms with Crippen molar-refractivity contribution in [1.82, 2.24) is 9.80 Å². The van der Waals surface area contributed by atoms with Gasteiger partial charge in [-0.05, 0) is 44.5 Å². The molecular weight excluding hydrogens is 280 g/mol. The summed E-state index contributed by atoms with van der Waals surface area (Å²) in [6.45, 7) is 3.14. The fourth-order valence-electron chi connectivity index (χ4n) is 2.94. The van der Waals surface area contributed by atoms with E-state index in [0.29, 0.717) is 17.4 Å². The average molecular weight is 306 g/mol. The first-order valence-electron chi connectivity index (χ1n) is 7.73. The Bertz CT molecular complexity index is 520. The number of carbonyl (C=O) groups excluding carboxylic acids is 1. The number of nitrogens with zero attached hydrogens (tertiary/aromatic N) is 2. The molecule has 1 aromatic rings. The molecule has 122 valence electrons. The van der Waals surface area contributed by atoms with E-state index in [2.05, 4.69) is 18.9 Å². The zero-order valence-corrected chi connectivity index (χ0v) is 13.8. The van der Waals surface area contributed by atoms with Crippen molar-refractivity contribution in [2.45, 2.75) is 38.0 Å². The first-order chi connectivity index (χ1) is 10.4. The average Bonchev–Trinajstić information content (AvgIpc) is 2.55. The van der Waals surface area contributed by atoms with Gasteiger partial charge >= 0.3 is 0 Å². The van der Waals surface area contributed by atoms with E-state index >= 15 is 0 Å². The Morgan fingerprint density at radius 1 is 1.50 bits per heavy atom. The highest BCUT2D eigenvalue weighted by molar-refractivity contribution is 5.82. The van der Waals surface area contributed by atoms with E-state index in [4.69, 9.17) is 4.74 Å². The molecule has 0 aromatic heterocycles. The number of ether oxygens (including phenoxy) is 1. The van der Waals surface area contributed by atoms with Crippen molar-refractivity contribution >= 4 is 5.91 Å². The standard InChI is InChI=1S/C17H26N2O3/c1-12-10-14(8-9-18(12)2)19(3)17(21)16(20)13-6-5-7-15(11-13)22-4/h5-7,11-12,14,16,20H,8-10H2,1-4H3. The van der Waals surface area contributed by atoms with Gasteiger partial charge in [0, 0.05) is 25.7 Å². The zero-order chi connectivity index (χ0) is 16.3. The minimum Gasteiger partial charge on any atom is -0.497 e. The molecule has 0 radical (unpaired) electrons. The molecule has 0 aliphatic carbocycles. The summed E-state index contributed by atoms with van der Waals surface area (Å²) < 4.78 is 5.15. The maximum absolute atomic E-state index is 12.6. The summed E-state index contributed by atoms with van der Waals surface area (Å²) in [5.41, 5.74) is 0.567. The van der Waals surface area contributed by atoms with Gasteiger partial charge in [0.05, 0.1) is 7.11 Å². The van der Waals surface area contributed by atoms with E-state index in [1.54, 1.807) is 43.3 Å². The molecule has 3 unspecified atom stereocenters. The van der Waals surface area contributed by atoms with Crippen molar-refractivity contribution in [2.24, 2.45) is 0 Å². The molecule has 1 amide bonds. The van der Waals surface area contributed by atoms with Gasteiger partial charge < -0.3 is 19.6 Å². The number of aliphatic hydroxyl groups excluding tert-OH is 1. The summed E-state index contributed by atoms with van der Waals surface area (Å²) in [4.78, 5) is 16.6. The van der Waals surface area contributed by atoms with Crippen LogP contribution in [0.1, 0.15) is 31.4 Å². The lowest BCUT2D eigenvalue weighted by atomic mass is 9.97. The first kappa shape index (κ1) is 16.8. The van der Waals surface area contributed by atoms with Gasteiger partial charge in [0.15, 0.2) is 6.10 Å². The molecule has 1 N–H and O–H groups in total. The van der Waals surface area contributed by atoms with Crippen LogP contribution in [0.5, 0.6) is 5.75 Å². The second-order valence-corrected chi connectivity index (χ2v) is 6.14. The molecule has 0 bridgehead atoms. The summed E-state index contributed by atoms with van der Waals surface area (Å²) >= 11 is 0. The molecule has 1 saturated heterocycles. The molecule has 0 spiro atoms. The molecule has 5 nitrogen and oxygen atoms in total. The maximum atomic E-state index is 12.6. The number of aliphatic hydroxyl groups is 1. The van der Waals surface area contributed by atoms with Crippen LogP contribution >= 0.6 is 0 Å². The van der Waals surface area contributed by atoms with Crippen LogP contribution in [0.2, 0.25) is 0 Å². The van der Waals surface area contributed by atoms with Gasteiger partial charge in [-0.25, -0.2) is 0 Å². The number of hydrogen-bond donors (Lipinski definition) is 1. The van der Waals surface area contributed by atoms with Crippen LogP contribution in [0.25, 0.3) is 0 Å². The number of hydrogen-bond acceptors (Lipinski definition) is 4. The molecule has 1 aliphatic rings. The normalized spacial score (nSPS) is 23.9. The van der Waals surface area contributed by atoms with Gasteiger partial charge in [-0.15, -0.1) is 0 Å². The SMILES string of the molecule is COc1cccc(C(O)C(=O)N(C)C2CCN(C)C(C)C2)c1. The van der Waals surface area contributed by atoms with Crippen LogP contribution in [0, 0.1) is 0 Å². The summed E-state index contributed by atoms with van der Waals surface area (Å²) in [6, 6.07) is 7.65. The monoisotopic (exact) mass is 306 g/mol. The number of carbonyl (C=O) groups is 1. The summed E-state index contributed by atoms with van der Waals surface area (Å²) in [5, 5.41) is 10.4. The molecule has 1 aromatic carbocycles. The highest BCUT2D eigenvalue weighted by Gasteiger charge is 2.31. The second kappa shape index (κ2) is 7.11. The molecule has 1 heterocycles.